The van der Waals surface area contributed by atoms with E-state index >= 15 is 0 Å². The van der Waals surface area contributed by atoms with Crippen molar-refractivity contribution in [1.29, 1.82) is 0 Å². The van der Waals surface area contributed by atoms with Gasteiger partial charge < -0.3 is 10.6 Å². The second-order valence-electron chi connectivity index (χ2n) is 4.31. The van der Waals surface area contributed by atoms with Crippen molar-refractivity contribution >= 4 is 39.1 Å². The van der Waals surface area contributed by atoms with Gasteiger partial charge in [0.15, 0.2) is 0 Å². The molecule has 0 saturated heterocycles. The smallest absolute Gasteiger partial charge is 0.257 e. The first-order valence-electron chi connectivity index (χ1n) is 6.10. The van der Waals surface area contributed by atoms with Crippen LogP contribution < -0.4 is 10.6 Å². The number of rotatable bonds is 3. The topological polar surface area (TPSA) is 58.2 Å². The van der Waals surface area contributed by atoms with Crippen molar-refractivity contribution in [3.05, 3.63) is 58.3 Å². The van der Waals surface area contributed by atoms with E-state index in [0.717, 1.165) is 0 Å². The van der Waals surface area contributed by atoms with Crippen LogP contribution in [0, 0.1) is 5.82 Å². The third-order valence-electron chi connectivity index (χ3n) is 2.66. The average molecular weight is 351 g/mol. The van der Waals surface area contributed by atoms with Crippen molar-refractivity contribution in [2.24, 2.45) is 0 Å². The molecule has 2 N–H and O–H groups in total. The Morgan fingerprint density at radius 3 is 2.43 bits per heavy atom. The lowest BCUT2D eigenvalue weighted by atomic mass is 10.1. The quantitative estimate of drug-likeness (QED) is 0.884. The Labute approximate surface area is 129 Å². The van der Waals surface area contributed by atoms with Gasteiger partial charge in [-0.1, -0.05) is 28.1 Å². The number of hydrogen-bond donors (Lipinski definition) is 2. The van der Waals surface area contributed by atoms with E-state index in [1.807, 2.05) is 0 Å². The lowest BCUT2D eigenvalue weighted by Crippen LogP contribution is -2.17. The Morgan fingerprint density at radius 2 is 1.76 bits per heavy atom. The highest BCUT2D eigenvalue weighted by atomic mass is 79.9. The zero-order valence-electron chi connectivity index (χ0n) is 11.1. The van der Waals surface area contributed by atoms with Gasteiger partial charge in [-0.15, -0.1) is 0 Å². The highest BCUT2D eigenvalue weighted by molar-refractivity contribution is 9.10. The molecule has 0 saturated carbocycles. The fourth-order valence-electron chi connectivity index (χ4n) is 1.76. The van der Waals surface area contributed by atoms with E-state index in [4.69, 9.17) is 0 Å². The molecule has 0 aliphatic rings. The Hall–Kier alpha value is -2.21. The summed E-state index contributed by atoms with van der Waals surface area (Å²) in [5.74, 6) is -1.33. The van der Waals surface area contributed by atoms with Crippen molar-refractivity contribution < 1.29 is 14.0 Å². The fourth-order valence-corrected chi connectivity index (χ4v) is 2.09. The summed E-state index contributed by atoms with van der Waals surface area (Å²) in [6, 6.07) is 10.9. The molecule has 108 valence electrons. The number of hydrogen-bond acceptors (Lipinski definition) is 2. The third-order valence-corrected chi connectivity index (χ3v) is 3.15. The Bertz CT molecular complexity index is 704. The van der Waals surface area contributed by atoms with E-state index < -0.39 is 11.7 Å². The number of nitrogens with one attached hydrogen (secondary N) is 2. The summed E-state index contributed by atoms with van der Waals surface area (Å²) in [6.45, 7) is 1.35. The van der Waals surface area contributed by atoms with Gasteiger partial charge in [-0.2, -0.15) is 0 Å². The number of anilines is 2. The fraction of sp³-hybridized carbons (Fsp3) is 0.0667. The Morgan fingerprint density at radius 1 is 1.05 bits per heavy atom. The molecule has 0 spiro atoms. The minimum absolute atomic E-state index is 0.0702. The predicted molar refractivity (Wildman–Crippen MR) is 82.8 cm³/mol. The number of amides is 2. The summed E-state index contributed by atoms with van der Waals surface area (Å²) in [4.78, 5) is 23.3. The van der Waals surface area contributed by atoms with Crippen LogP contribution in [0.4, 0.5) is 15.8 Å². The van der Waals surface area contributed by atoms with E-state index in [-0.39, 0.29) is 17.2 Å². The van der Waals surface area contributed by atoms with Crippen LogP contribution in [0.15, 0.2) is 46.9 Å². The molecule has 2 rings (SSSR count). The predicted octanol–water partition coefficient (Wildman–Crippen LogP) is 3.80. The molecule has 2 aromatic rings. The summed E-state index contributed by atoms with van der Waals surface area (Å²) in [7, 11) is 0. The SMILES string of the molecule is CC(=O)Nc1ccccc1C(=O)Nc1ccc(Br)cc1F. The van der Waals surface area contributed by atoms with Gasteiger partial charge >= 0.3 is 0 Å². The number of para-hydroxylation sites is 1. The number of carbonyl (C=O) groups excluding carboxylic acids is 2. The molecule has 4 nitrogen and oxygen atoms in total. The number of benzene rings is 2. The molecular weight excluding hydrogens is 339 g/mol. The monoisotopic (exact) mass is 350 g/mol. The summed E-state index contributed by atoms with van der Waals surface area (Å²) in [5.41, 5.74) is 0.705. The maximum absolute atomic E-state index is 13.7. The highest BCUT2D eigenvalue weighted by Crippen LogP contribution is 2.22. The van der Waals surface area contributed by atoms with Gasteiger partial charge in [0.1, 0.15) is 5.82 Å². The second kappa shape index (κ2) is 6.49. The van der Waals surface area contributed by atoms with Crippen LogP contribution in [0.25, 0.3) is 0 Å². The molecule has 0 fully saturated rings. The van der Waals surface area contributed by atoms with Crippen LogP contribution in [0.1, 0.15) is 17.3 Å². The van der Waals surface area contributed by atoms with Crippen LogP contribution >= 0.6 is 15.9 Å². The number of halogens is 2. The summed E-state index contributed by atoms with van der Waals surface area (Å²) >= 11 is 3.15. The van der Waals surface area contributed by atoms with Gasteiger partial charge in [-0.3, -0.25) is 9.59 Å². The van der Waals surface area contributed by atoms with Crippen molar-refractivity contribution in [2.45, 2.75) is 6.92 Å². The molecule has 0 heterocycles. The van der Waals surface area contributed by atoms with Crippen molar-refractivity contribution in [2.75, 3.05) is 10.6 Å². The lowest BCUT2D eigenvalue weighted by Gasteiger charge is -2.11. The zero-order chi connectivity index (χ0) is 15.4. The van der Waals surface area contributed by atoms with Gasteiger partial charge in [0.2, 0.25) is 5.91 Å². The summed E-state index contributed by atoms with van der Waals surface area (Å²) < 4.78 is 14.3. The summed E-state index contributed by atoms with van der Waals surface area (Å²) in [5, 5.41) is 5.04. The van der Waals surface area contributed by atoms with Gasteiger partial charge in [-0.25, -0.2) is 4.39 Å². The number of carbonyl (C=O) groups is 2. The first kappa shape index (κ1) is 15.2. The molecule has 21 heavy (non-hydrogen) atoms. The van der Waals surface area contributed by atoms with E-state index in [2.05, 4.69) is 26.6 Å². The average Bonchev–Trinajstić information content (AvgIpc) is 2.42. The van der Waals surface area contributed by atoms with Crippen molar-refractivity contribution in [1.82, 2.24) is 0 Å². The van der Waals surface area contributed by atoms with Crippen LogP contribution in [-0.4, -0.2) is 11.8 Å². The molecule has 0 aliphatic carbocycles. The Kier molecular flexibility index (Phi) is 4.70. The minimum Gasteiger partial charge on any atom is -0.326 e. The van der Waals surface area contributed by atoms with E-state index in [9.17, 15) is 14.0 Å². The molecule has 0 unspecified atom stereocenters. The molecular formula is C15H12BrFN2O2. The maximum atomic E-state index is 13.7. The van der Waals surface area contributed by atoms with Crippen molar-refractivity contribution in [3.63, 3.8) is 0 Å². The molecule has 0 atom stereocenters. The van der Waals surface area contributed by atoms with E-state index in [1.165, 1.54) is 19.1 Å². The first-order chi connectivity index (χ1) is 9.97. The maximum Gasteiger partial charge on any atom is 0.257 e. The van der Waals surface area contributed by atoms with Gasteiger partial charge in [-0.05, 0) is 30.3 Å². The van der Waals surface area contributed by atoms with E-state index in [1.54, 1.807) is 30.3 Å². The molecule has 0 aromatic heterocycles. The first-order valence-corrected chi connectivity index (χ1v) is 6.89. The van der Waals surface area contributed by atoms with Crippen LogP contribution in [0.2, 0.25) is 0 Å². The molecule has 2 aromatic carbocycles. The zero-order valence-corrected chi connectivity index (χ0v) is 12.7. The largest absolute Gasteiger partial charge is 0.326 e. The van der Waals surface area contributed by atoms with Gasteiger partial charge in [0, 0.05) is 11.4 Å². The molecule has 6 heteroatoms. The second-order valence-corrected chi connectivity index (χ2v) is 5.22. The van der Waals surface area contributed by atoms with Gasteiger partial charge in [0.05, 0.1) is 16.9 Å². The molecule has 0 aliphatic heterocycles. The van der Waals surface area contributed by atoms with E-state index in [0.29, 0.717) is 10.2 Å². The lowest BCUT2D eigenvalue weighted by molar-refractivity contribution is -0.114. The summed E-state index contributed by atoms with van der Waals surface area (Å²) in [6.07, 6.45) is 0. The molecule has 2 amide bonds. The Balaban J connectivity index is 2.26. The molecule has 0 bridgehead atoms. The normalized spacial score (nSPS) is 10.0. The van der Waals surface area contributed by atoms with Crippen molar-refractivity contribution in [3.8, 4) is 0 Å². The van der Waals surface area contributed by atoms with Crippen LogP contribution in [0.3, 0.4) is 0 Å². The van der Waals surface area contributed by atoms with Crippen LogP contribution in [0.5, 0.6) is 0 Å². The van der Waals surface area contributed by atoms with Gasteiger partial charge in [0.25, 0.3) is 5.91 Å². The minimum atomic E-state index is -0.547. The standard InChI is InChI=1S/C15H12BrFN2O2/c1-9(20)18-13-5-3-2-4-11(13)15(21)19-14-7-6-10(16)8-12(14)17/h2-8H,1H3,(H,18,20)(H,19,21). The highest BCUT2D eigenvalue weighted by Gasteiger charge is 2.13. The van der Waals surface area contributed by atoms with Crippen LogP contribution in [-0.2, 0) is 4.79 Å². The third kappa shape index (κ3) is 3.88. The molecule has 0 radical (unpaired) electrons.